The summed E-state index contributed by atoms with van der Waals surface area (Å²) in [6, 6.07) is 24.6. The molecule has 1 unspecified atom stereocenters. The second-order valence-electron chi connectivity index (χ2n) is 15.0. The van der Waals surface area contributed by atoms with E-state index in [1.807, 2.05) is 47.4 Å². The highest BCUT2D eigenvalue weighted by molar-refractivity contribution is 7.17. The van der Waals surface area contributed by atoms with Gasteiger partial charge in [0, 0.05) is 59.5 Å². The number of thiazole rings is 2. The van der Waals surface area contributed by atoms with Crippen LogP contribution in [0.4, 0.5) is 20.4 Å². The fourth-order valence-electron chi connectivity index (χ4n) is 7.83. The first-order chi connectivity index (χ1) is 30.0. The van der Waals surface area contributed by atoms with E-state index in [0.29, 0.717) is 91.9 Å². The molecule has 312 valence electrons. The van der Waals surface area contributed by atoms with Crippen molar-refractivity contribution in [3.8, 4) is 22.3 Å². The molecule has 8 aromatic rings. The van der Waals surface area contributed by atoms with Crippen LogP contribution < -0.4 is 15.5 Å². The smallest absolute Gasteiger partial charge is 0.326 e. The molecule has 2 fully saturated rings. The minimum atomic E-state index is -0.842. The second kappa shape index (κ2) is 17.4. The number of nitrogens with two attached hydrogens (primary N) is 1. The third kappa shape index (κ3) is 8.18. The van der Waals surface area contributed by atoms with Gasteiger partial charge in [-0.3, -0.25) is 4.79 Å². The van der Waals surface area contributed by atoms with Crippen LogP contribution in [-0.4, -0.2) is 62.1 Å². The largest absolute Gasteiger partial charge is 0.480 e. The molecule has 2 aliphatic rings. The fourth-order valence-corrected chi connectivity index (χ4v) is 9.71. The summed E-state index contributed by atoms with van der Waals surface area (Å²) in [5.41, 5.74) is 15.3. The fraction of sp³-hybridized carbons (Fsp3) is 0.174. The lowest BCUT2D eigenvalue weighted by atomic mass is 9.97. The highest BCUT2D eigenvalue weighted by atomic mass is 35.5. The van der Waals surface area contributed by atoms with Crippen LogP contribution >= 0.6 is 45.9 Å². The highest BCUT2D eigenvalue weighted by Gasteiger charge is 2.35. The molecule has 2 aliphatic heterocycles. The number of benzene rings is 4. The first-order valence-electron chi connectivity index (χ1n) is 19.6. The molecule has 2 saturated heterocycles. The lowest BCUT2D eigenvalue weighted by Gasteiger charge is -2.39. The quantitative estimate of drug-likeness (QED) is 0.137. The van der Waals surface area contributed by atoms with Gasteiger partial charge in [-0.15, -0.1) is 22.7 Å². The van der Waals surface area contributed by atoms with E-state index in [0.717, 1.165) is 33.5 Å². The summed E-state index contributed by atoms with van der Waals surface area (Å²) < 4.78 is 33.1. The minimum absolute atomic E-state index is 0.301. The molecule has 0 saturated carbocycles. The second-order valence-corrected chi connectivity index (χ2v) is 17.7. The van der Waals surface area contributed by atoms with Gasteiger partial charge in [0.2, 0.25) is 5.91 Å². The van der Waals surface area contributed by atoms with E-state index in [9.17, 15) is 14.7 Å². The number of rotatable bonds is 10. The summed E-state index contributed by atoms with van der Waals surface area (Å²) in [5, 5.41) is 10.3. The predicted octanol–water partition coefficient (Wildman–Crippen LogP) is 10.2. The molecule has 1 amide bonds. The van der Waals surface area contributed by atoms with Crippen molar-refractivity contribution in [1.82, 2.24) is 19.9 Å². The molecule has 62 heavy (non-hydrogen) atoms. The normalized spacial score (nSPS) is 15.8. The van der Waals surface area contributed by atoms with Crippen LogP contribution in [-0.2, 0) is 22.4 Å². The number of fused-ring (bicyclic) bond motifs is 2. The van der Waals surface area contributed by atoms with Crippen molar-refractivity contribution >= 4 is 89.8 Å². The molecular formula is C46H35Cl2F2N7O3S2. The number of carbonyl (C=O) groups is 2. The molecule has 0 spiro atoms. The Morgan fingerprint density at radius 3 is 1.52 bits per heavy atom. The van der Waals surface area contributed by atoms with Crippen molar-refractivity contribution in [3.63, 3.8) is 0 Å². The SMILES string of the molecule is NC(=O)[C@@H]1CCN1c1ccc(Cc2cc3scnc3c(-c3cccc(Cl)c3)c2F)cn1.O=C(O)C1CCN1c1ccc(Cc2cc3scnc3c(-c3cccc(Cl)c3)c2F)cn1. The van der Waals surface area contributed by atoms with E-state index >= 15 is 8.78 Å². The molecule has 4 aromatic heterocycles. The van der Waals surface area contributed by atoms with Crippen molar-refractivity contribution in [2.75, 3.05) is 22.9 Å². The van der Waals surface area contributed by atoms with Gasteiger partial charge in [0.05, 0.1) is 31.5 Å². The average Bonchev–Trinajstić information content (AvgIpc) is 3.88. The molecule has 2 atom stereocenters. The summed E-state index contributed by atoms with van der Waals surface area (Å²) in [5.74, 6) is -0.479. The number of carboxylic acid groups (broad SMARTS) is 1. The maximum atomic E-state index is 15.6. The number of anilines is 2. The number of nitrogens with zero attached hydrogens (tertiary/aromatic N) is 6. The van der Waals surface area contributed by atoms with Crippen LogP contribution in [0.3, 0.4) is 0 Å². The Hall–Kier alpha value is -6.06. The van der Waals surface area contributed by atoms with Gasteiger partial charge in [0.1, 0.15) is 35.4 Å². The van der Waals surface area contributed by atoms with E-state index in [-0.39, 0.29) is 23.6 Å². The van der Waals surface area contributed by atoms with Gasteiger partial charge in [0.15, 0.2) is 0 Å². The van der Waals surface area contributed by atoms with Crippen LogP contribution in [0.2, 0.25) is 10.0 Å². The Bertz CT molecular complexity index is 2780. The zero-order valence-electron chi connectivity index (χ0n) is 32.6. The molecule has 3 N–H and O–H groups in total. The number of aromatic nitrogens is 4. The number of amides is 1. The van der Waals surface area contributed by atoms with Crippen LogP contribution in [0.25, 0.3) is 42.7 Å². The standard InChI is InChI=1S/C23H18ClFN4OS.C23H17ClFN3O2S/c24-16-3-1-2-14(9-16)20-21(25)15(10-18-22(20)28-12-31-18)8-13-4-5-19(27-11-13)29-7-6-17(29)23(26)30;24-16-3-1-2-14(9-16)20-21(25)15(10-18-22(20)27-12-31-18)8-13-4-5-19(26-11-13)28-7-6-17(28)23(29)30/h1-5,9-12,17H,6-8H2,(H2,26,30);1-5,9-12,17H,6-8H2,(H,29,30)/t17-;/m0./s1. The molecule has 0 aliphatic carbocycles. The molecule has 10 rings (SSSR count). The van der Waals surface area contributed by atoms with Crippen molar-refractivity contribution < 1.29 is 23.5 Å². The predicted molar refractivity (Wildman–Crippen MR) is 242 cm³/mol. The van der Waals surface area contributed by atoms with E-state index in [4.69, 9.17) is 28.9 Å². The summed E-state index contributed by atoms with van der Waals surface area (Å²) in [4.78, 5) is 44.0. The van der Waals surface area contributed by atoms with Gasteiger partial charge in [-0.05, 0) is 94.8 Å². The van der Waals surface area contributed by atoms with Crippen molar-refractivity contribution in [3.05, 3.63) is 152 Å². The van der Waals surface area contributed by atoms with Crippen LogP contribution in [0.15, 0.2) is 108 Å². The average molecular weight is 907 g/mol. The summed E-state index contributed by atoms with van der Waals surface area (Å²) in [6.45, 7) is 1.42. The lowest BCUT2D eigenvalue weighted by molar-refractivity contribution is -0.140. The number of carboxylic acids is 1. The highest BCUT2D eigenvalue weighted by Crippen LogP contribution is 2.38. The van der Waals surface area contributed by atoms with Crippen LogP contribution in [0.1, 0.15) is 35.1 Å². The third-order valence-corrected chi connectivity index (χ3v) is 13.2. The maximum Gasteiger partial charge on any atom is 0.326 e. The van der Waals surface area contributed by atoms with Gasteiger partial charge in [0.25, 0.3) is 0 Å². The van der Waals surface area contributed by atoms with Gasteiger partial charge in [-0.25, -0.2) is 33.5 Å². The van der Waals surface area contributed by atoms with Gasteiger partial charge >= 0.3 is 5.97 Å². The number of carbonyl (C=O) groups excluding carboxylic acids is 1. The Balaban J connectivity index is 0.000000158. The molecule has 10 nitrogen and oxygen atoms in total. The Morgan fingerprint density at radius 1 is 0.677 bits per heavy atom. The Morgan fingerprint density at radius 2 is 1.15 bits per heavy atom. The van der Waals surface area contributed by atoms with Crippen molar-refractivity contribution in [2.24, 2.45) is 5.73 Å². The zero-order valence-corrected chi connectivity index (χ0v) is 35.8. The molecule has 0 radical (unpaired) electrons. The first-order valence-corrected chi connectivity index (χ1v) is 22.1. The minimum Gasteiger partial charge on any atom is -0.480 e. The topological polar surface area (TPSA) is 138 Å². The van der Waals surface area contributed by atoms with Gasteiger partial charge in [-0.2, -0.15) is 0 Å². The number of pyridine rings is 2. The number of halogens is 4. The van der Waals surface area contributed by atoms with E-state index in [1.54, 1.807) is 70.8 Å². The lowest BCUT2D eigenvalue weighted by Crippen LogP contribution is -2.55. The number of aliphatic carboxylic acids is 1. The Labute approximate surface area is 372 Å². The first kappa shape index (κ1) is 41.3. The van der Waals surface area contributed by atoms with E-state index < -0.39 is 12.0 Å². The van der Waals surface area contributed by atoms with Gasteiger partial charge < -0.3 is 20.6 Å². The summed E-state index contributed by atoms with van der Waals surface area (Å²) in [6.07, 6.45) is 5.52. The molecule has 4 aromatic carbocycles. The Kier molecular flexibility index (Phi) is 11.6. The van der Waals surface area contributed by atoms with Gasteiger partial charge in [-0.1, -0.05) is 59.6 Å². The maximum absolute atomic E-state index is 15.6. The number of hydrogen-bond acceptors (Lipinski definition) is 10. The summed E-state index contributed by atoms with van der Waals surface area (Å²) >= 11 is 15.2. The van der Waals surface area contributed by atoms with Crippen molar-refractivity contribution in [2.45, 2.75) is 37.8 Å². The van der Waals surface area contributed by atoms with E-state index in [2.05, 4.69) is 19.9 Å². The number of primary amides is 1. The van der Waals surface area contributed by atoms with Crippen LogP contribution in [0.5, 0.6) is 0 Å². The molecular weight excluding hydrogens is 872 g/mol. The summed E-state index contributed by atoms with van der Waals surface area (Å²) in [7, 11) is 0. The molecule has 0 bridgehead atoms. The third-order valence-electron chi connectivity index (χ3n) is 11.2. The monoisotopic (exact) mass is 905 g/mol. The molecule has 16 heteroatoms. The zero-order chi connectivity index (χ0) is 43.1. The molecule has 6 heterocycles. The van der Waals surface area contributed by atoms with E-state index in [1.165, 1.54) is 22.7 Å². The van der Waals surface area contributed by atoms with Crippen LogP contribution in [0, 0.1) is 11.6 Å². The van der Waals surface area contributed by atoms with Crippen molar-refractivity contribution in [1.29, 1.82) is 0 Å². The number of hydrogen-bond donors (Lipinski definition) is 2.